The van der Waals surface area contributed by atoms with Crippen molar-refractivity contribution < 1.29 is 9.53 Å². The van der Waals surface area contributed by atoms with Gasteiger partial charge in [0, 0.05) is 25.9 Å². The first kappa shape index (κ1) is 13.9. The molecular weight excluding hydrogens is 178 g/mol. The van der Waals surface area contributed by atoms with Gasteiger partial charge in [0.1, 0.15) is 0 Å². The van der Waals surface area contributed by atoms with E-state index in [9.17, 15) is 4.79 Å². The van der Waals surface area contributed by atoms with E-state index in [2.05, 4.69) is 0 Å². The summed E-state index contributed by atoms with van der Waals surface area (Å²) in [5, 5.41) is 0. The Bertz CT molecular complexity index is 166. The van der Waals surface area contributed by atoms with E-state index in [1.165, 1.54) is 0 Å². The van der Waals surface area contributed by atoms with E-state index < -0.39 is 0 Å². The van der Waals surface area contributed by atoms with E-state index in [0.717, 1.165) is 0 Å². The molecule has 0 unspecified atom stereocenters. The van der Waals surface area contributed by atoms with E-state index in [4.69, 9.17) is 4.74 Å². The van der Waals surface area contributed by atoms with Crippen molar-refractivity contribution in [1.82, 2.24) is 4.90 Å². The molecule has 0 bridgehead atoms. The van der Waals surface area contributed by atoms with Crippen molar-refractivity contribution in [3.05, 3.63) is 11.8 Å². The van der Waals surface area contributed by atoms with Crippen LogP contribution in [0.15, 0.2) is 11.8 Å². The second-order valence-corrected chi connectivity index (χ2v) is 2.50. The quantitative estimate of drug-likeness (QED) is 0.502. The second-order valence-electron chi connectivity index (χ2n) is 2.50. The van der Waals surface area contributed by atoms with Gasteiger partial charge in [-0.3, -0.25) is 0 Å². The third kappa shape index (κ3) is 6.04. The highest BCUT2D eigenvalue weighted by Gasteiger charge is 2.03. The fraction of sp³-hybridized carbons (Fsp3) is 0.625. The molecule has 0 N–H and O–H groups in total. The summed E-state index contributed by atoms with van der Waals surface area (Å²) in [5.41, 5.74) is 0.622. The van der Waals surface area contributed by atoms with Gasteiger partial charge in [0.25, 0.3) is 0 Å². The van der Waals surface area contributed by atoms with Gasteiger partial charge in [-0.1, -0.05) is 0 Å². The van der Waals surface area contributed by atoms with Crippen molar-refractivity contribution in [1.29, 1.82) is 0 Å². The molecule has 0 aliphatic rings. The number of nitrogens with zero attached hydrogens (tertiary/aromatic N) is 1. The average Bonchev–Trinajstić information content (AvgIpc) is 1.86. The molecule has 0 heterocycles. The number of hydrogen-bond acceptors (Lipinski definition) is 3. The van der Waals surface area contributed by atoms with Crippen LogP contribution in [-0.2, 0) is 9.53 Å². The molecule has 0 saturated heterocycles. The van der Waals surface area contributed by atoms with Crippen molar-refractivity contribution in [2.45, 2.75) is 13.8 Å². The van der Waals surface area contributed by atoms with Crippen LogP contribution in [0, 0.1) is 0 Å². The maximum atomic E-state index is 11.0. The number of ether oxygens (including phenoxy) is 1. The Labute approximate surface area is 79.8 Å². The van der Waals surface area contributed by atoms with E-state index in [-0.39, 0.29) is 18.4 Å². The maximum Gasteiger partial charge on any atom is 0.335 e. The van der Waals surface area contributed by atoms with Crippen LogP contribution in [0.25, 0.3) is 0 Å². The lowest BCUT2D eigenvalue weighted by molar-refractivity contribution is -0.138. The van der Waals surface area contributed by atoms with Crippen LogP contribution >= 0.6 is 12.4 Å². The molecule has 72 valence electrons. The van der Waals surface area contributed by atoms with Crippen LogP contribution in [0.2, 0.25) is 0 Å². The topological polar surface area (TPSA) is 29.5 Å². The number of carbonyl (C=O) groups is 1. The highest BCUT2D eigenvalue weighted by Crippen LogP contribution is 1.96. The summed E-state index contributed by atoms with van der Waals surface area (Å²) < 4.78 is 4.77. The fourth-order valence-corrected chi connectivity index (χ4v) is 0.685. The minimum Gasteiger partial charge on any atom is -0.463 e. The lowest BCUT2D eigenvalue weighted by Crippen LogP contribution is -2.10. The van der Waals surface area contributed by atoms with Gasteiger partial charge in [-0.05, 0) is 13.8 Å². The number of rotatable bonds is 3. The summed E-state index contributed by atoms with van der Waals surface area (Å²) in [6.45, 7) is 3.95. The molecule has 3 nitrogen and oxygen atoms in total. The highest BCUT2D eigenvalue weighted by molar-refractivity contribution is 5.87. The molecule has 0 aromatic heterocycles. The van der Waals surface area contributed by atoms with Crippen molar-refractivity contribution in [3.8, 4) is 0 Å². The van der Waals surface area contributed by atoms with Gasteiger partial charge in [-0.2, -0.15) is 0 Å². The SMILES string of the molecule is CCOC(=O)C(C)=CN(C)C.Cl. The molecule has 0 radical (unpaired) electrons. The van der Waals surface area contributed by atoms with Gasteiger partial charge in [-0.25, -0.2) is 4.79 Å². The van der Waals surface area contributed by atoms with Gasteiger partial charge in [0.2, 0.25) is 0 Å². The molecule has 0 atom stereocenters. The van der Waals surface area contributed by atoms with Crippen LogP contribution in [0.4, 0.5) is 0 Å². The fourth-order valence-electron chi connectivity index (χ4n) is 0.685. The molecule has 0 aliphatic carbocycles. The summed E-state index contributed by atoms with van der Waals surface area (Å²) in [7, 11) is 3.73. The number of carbonyl (C=O) groups excluding carboxylic acids is 1. The van der Waals surface area contributed by atoms with Gasteiger partial charge in [0.05, 0.1) is 6.61 Å². The van der Waals surface area contributed by atoms with Gasteiger partial charge in [-0.15, -0.1) is 12.4 Å². The molecule has 0 rings (SSSR count). The monoisotopic (exact) mass is 193 g/mol. The first-order valence-electron chi connectivity index (χ1n) is 3.60. The predicted octanol–water partition coefficient (Wildman–Crippen LogP) is 1.44. The molecular formula is C8H16ClNO2. The van der Waals surface area contributed by atoms with Gasteiger partial charge in [0.15, 0.2) is 0 Å². The molecule has 0 aliphatic heterocycles. The van der Waals surface area contributed by atoms with Crippen LogP contribution in [0.5, 0.6) is 0 Å². The predicted molar refractivity (Wildman–Crippen MR) is 51.3 cm³/mol. The minimum atomic E-state index is -0.249. The lowest BCUT2D eigenvalue weighted by Gasteiger charge is -2.06. The smallest absolute Gasteiger partial charge is 0.335 e. The second kappa shape index (κ2) is 6.98. The average molecular weight is 194 g/mol. The molecule has 0 saturated carbocycles. The van der Waals surface area contributed by atoms with Crippen LogP contribution in [0.3, 0.4) is 0 Å². The van der Waals surface area contributed by atoms with Crippen LogP contribution < -0.4 is 0 Å². The standard InChI is InChI=1S/C8H15NO2.ClH/c1-5-11-8(10)7(2)6-9(3)4;/h6H,5H2,1-4H3;1H. The maximum absolute atomic E-state index is 11.0. The minimum absolute atomic E-state index is 0. The molecule has 0 amide bonds. The molecule has 0 aromatic rings. The number of esters is 1. The van der Waals surface area contributed by atoms with Crippen LogP contribution in [0.1, 0.15) is 13.8 Å². The third-order valence-electron chi connectivity index (χ3n) is 1.05. The van der Waals surface area contributed by atoms with Crippen molar-refractivity contribution in [3.63, 3.8) is 0 Å². The first-order valence-corrected chi connectivity index (χ1v) is 3.60. The van der Waals surface area contributed by atoms with E-state index in [1.54, 1.807) is 20.0 Å². The Balaban J connectivity index is 0. The lowest BCUT2D eigenvalue weighted by atomic mass is 10.3. The first-order chi connectivity index (χ1) is 5.07. The molecule has 0 spiro atoms. The molecule has 12 heavy (non-hydrogen) atoms. The summed E-state index contributed by atoms with van der Waals surface area (Å²) >= 11 is 0. The summed E-state index contributed by atoms with van der Waals surface area (Å²) in [5.74, 6) is -0.249. The van der Waals surface area contributed by atoms with Crippen molar-refractivity contribution >= 4 is 18.4 Å². The summed E-state index contributed by atoms with van der Waals surface area (Å²) in [6, 6.07) is 0. The molecule has 4 heteroatoms. The Morgan fingerprint density at radius 3 is 2.33 bits per heavy atom. The largest absolute Gasteiger partial charge is 0.463 e. The van der Waals surface area contributed by atoms with E-state index in [1.807, 2.05) is 19.0 Å². The summed E-state index contributed by atoms with van der Waals surface area (Å²) in [4.78, 5) is 12.8. The van der Waals surface area contributed by atoms with Crippen molar-refractivity contribution in [2.24, 2.45) is 0 Å². The highest BCUT2D eigenvalue weighted by atomic mass is 35.5. The summed E-state index contributed by atoms with van der Waals surface area (Å²) in [6.07, 6.45) is 1.73. The third-order valence-corrected chi connectivity index (χ3v) is 1.05. The van der Waals surface area contributed by atoms with Crippen LogP contribution in [-0.4, -0.2) is 31.6 Å². The number of halogens is 1. The van der Waals surface area contributed by atoms with Gasteiger partial charge < -0.3 is 9.64 Å². The Kier molecular flexibility index (Phi) is 8.06. The van der Waals surface area contributed by atoms with E-state index in [0.29, 0.717) is 12.2 Å². The van der Waals surface area contributed by atoms with E-state index >= 15 is 0 Å². The van der Waals surface area contributed by atoms with Crippen molar-refractivity contribution in [2.75, 3.05) is 20.7 Å². The van der Waals surface area contributed by atoms with Gasteiger partial charge >= 0.3 is 5.97 Å². The zero-order chi connectivity index (χ0) is 8.85. The molecule has 0 fully saturated rings. The number of hydrogen-bond donors (Lipinski definition) is 0. The zero-order valence-electron chi connectivity index (χ0n) is 7.96. The molecule has 0 aromatic carbocycles. The Hall–Kier alpha value is -0.700. The Morgan fingerprint density at radius 2 is 2.00 bits per heavy atom. The normalized spacial score (nSPS) is 10.2. The Morgan fingerprint density at radius 1 is 1.50 bits per heavy atom. The zero-order valence-corrected chi connectivity index (χ0v) is 8.77.